The highest BCUT2D eigenvalue weighted by atomic mass is 19.1. The minimum atomic E-state index is -1.28. The Labute approximate surface area is 188 Å². The van der Waals surface area contributed by atoms with E-state index in [1.165, 1.54) is 30.3 Å². The zero-order chi connectivity index (χ0) is 23.4. The summed E-state index contributed by atoms with van der Waals surface area (Å²) in [5.74, 6) is -3.52. The molecule has 0 unspecified atom stereocenters. The molecule has 7 nitrogen and oxygen atoms in total. The second kappa shape index (κ2) is 9.44. The number of amides is 3. The largest absolute Gasteiger partial charge is 0.454 e. The summed E-state index contributed by atoms with van der Waals surface area (Å²) >= 11 is 0. The number of benzene rings is 3. The van der Waals surface area contributed by atoms with Crippen LogP contribution in [0, 0.1) is 5.82 Å². The van der Waals surface area contributed by atoms with Gasteiger partial charge in [-0.25, -0.2) is 9.18 Å². The van der Waals surface area contributed by atoms with E-state index in [0.717, 1.165) is 4.90 Å². The highest BCUT2D eigenvalue weighted by Gasteiger charge is 2.43. The number of imide groups is 1. The molecule has 3 aromatic carbocycles. The first-order chi connectivity index (χ1) is 16.0. The van der Waals surface area contributed by atoms with Crippen molar-refractivity contribution in [1.29, 1.82) is 0 Å². The lowest BCUT2D eigenvalue weighted by Gasteiger charge is -2.24. The lowest BCUT2D eigenvalue weighted by molar-refractivity contribution is -0.151. The molecule has 1 atom stereocenters. The lowest BCUT2D eigenvalue weighted by atomic mass is 10.0. The number of hydrogen-bond acceptors (Lipinski definition) is 5. The van der Waals surface area contributed by atoms with Crippen LogP contribution in [0.2, 0.25) is 0 Å². The Kier molecular flexibility index (Phi) is 6.26. The lowest BCUT2D eigenvalue weighted by Crippen LogP contribution is -2.47. The maximum absolute atomic E-state index is 13.7. The van der Waals surface area contributed by atoms with Gasteiger partial charge in [0.2, 0.25) is 0 Å². The number of rotatable bonds is 7. The molecule has 33 heavy (non-hydrogen) atoms. The predicted octanol–water partition coefficient (Wildman–Crippen LogP) is 3.21. The number of carbonyl (C=O) groups is 4. The first kappa shape index (κ1) is 21.9. The topological polar surface area (TPSA) is 92.8 Å². The second-order valence-electron chi connectivity index (χ2n) is 7.37. The Hall–Kier alpha value is -4.33. The van der Waals surface area contributed by atoms with Crippen molar-refractivity contribution in [2.75, 3.05) is 11.9 Å². The molecule has 3 amide bonds. The van der Waals surface area contributed by atoms with Crippen molar-refractivity contribution in [3.63, 3.8) is 0 Å². The van der Waals surface area contributed by atoms with E-state index in [9.17, 15) is 23.6 Å². The number of nitrogens with zero attached hydrogens (tertiary/aromatic N) is 1. The van der Waals surface area contributed by atoms with Crippen LogP contribution in [0.1, 0.15) is 26.3 Å². The number of para-hydroxylation sites is 1. The maximum Gasteiger partial charge on any atom is 0.330 e. The van der Waals surface area contributed by atoms with Crippen molar-refractivity contribution >= 4 is 29.4 Å². The van der Waals surface area contributed by atoms with E-state index < -0.39 is 42.2 Å². The Bertz CT molecular complexity index is 1190. The van der Waals surface area contributed by atoms with Crippen molar-refractivity contribution in [2.45, 2.75) is 12.5 Å². The normalized spacial score (nSPS) is 13.4. The summed E-state index contributed by atoms with van der Waals surface area (Å²) in [6.07, 6.45) is 0.0140. The highest BCUT2D eigenvalue weighted by Crippen LogP contribution is 2.26. The molecule has 4 rings (SSSR count). The quantitative estimate of drug-likeness (QED) is 0.444. The number of carbonyl (C=O) groups excluding carboxylic acids is 4. The van der Waals surface area contributed by atoms with Crippen molar-refractivity contribution in [2.24, 2.45) is 0 Å². The van der Waals surface area contributed by atoms with E-state index in [1.54, 1.807) is 48.5 Å². The van der Waals surface area contributed by atoms with E-state index >= 15 is 0 Å². The van der Waals surface area contributed by atoms with Crippen LogP contribution in [0.15, 0.2) is 78.9 Å². The van der Waals surface area contributed by atoms with Gasteiger partial charge in [0.25, 0.3) is 17.7 Å². The van der Waals surface area contributed by atoms with Gasteiger partial charge in [-0.3, -0.25) is 19.3 Å². The molecule has 1 N–H and O–H groups in total. The van der Waals surface area contributed by atoms with Gasteiger partial charge in [-0.1, -0.05) is 54.6 Å². The first-order valence-corrected chi connectivity index (χ1v) is 10.2. The molecule has 0 bridgehead atoms. The number of anilines is 1. The summed E-state index contributed by atoms with van der Waals surface area (Å²) in [6, 6.07) is 19.4. The van der Waals surface area contributed by atoms with Gasteiger partial charge in [0.15, 0.2) is 6.61 Å². The van der Waals surface area contributed by atoms with E-state index in [-0.39, 0.29) is 23.2 Å². The zero-order valence-corrected chi connectivity index (χ0v) is 17.4. The van der Waals surface area contributed by atoms with Gasteiger partial charge in [-0.15, -0.1) is 0 Å². The van der Waals surface area contributed by atoms with Gasteiger partial charge in [0.05, 0.1) is 16.8 Å². The summed E-state index contributed by atoms with van der Waals surface area (Å²) in [4.78, 5) is 51.9. The molecule has 0 radical (unpaired) electrons. The minimum Gasteiger partial charge on any atom is -0.454 e. The van der Waals surface area contributed by atoms with Crippen LogP contribution in [0.4, 0.5) is 10.1 Å². The van der Waals surface area contributed by atoms with Crippen LogP contribution in [-0.4, -0.2) is 41.2 Å². The Balaban J connectivity index is 1.52. The molecule has 0 aliphatic carbocycles. The molecule has 3 aromatic rings. The van der Waals surface area contributed by atoms with Gasteiger partial charge in [0, 0.05) is 6.42 Å². The fraction of sp³-hybridized carbons (Fsp3) is 0.120. The van der Waals surface area contributed by atoms with E-state index in [2.05, 4.69) is 5.32 Å². The predicted molar refractivity (Wildman–Crippen MR) is 117 cm³/mol. The molecule has 8 heteroatoms. The molecule has 0 saturated carbocycles. The fourth-order valence-corrected chi connectivity index (χ4v) is 3.59. The van der Waals surface area contributed by atoms with E-state index in [1.807, 2.05) is 0 Å². The summed E-state index contributed by atoms with van der Waals surface area (Å²) in [5, 5.41) is 2.32. The number of esters is 1. The van der Waals surface area contributed by atoms with E-state index in [4.69, 9.17) is 4.74 Å². The summed E-state index contributed by atoms with van der Waals surface area (Å²) in [7, 11) is 0. The number of hydrogen-bond donors (Lipinski definition) is 1. The van der Waals surface area contributed by atoms with Gasteiger partial charge in [-0.2, -0.15) is 0 Å². The summed E-state index contributed by atoms with van der Waals surface area (Å²) < 4.78 is 18.9. The van der Waals surface area contributed by atoms with Crippen molar-refractivity contribution < 1.29 is 28.3 Å². The third kappa shape index (κ3) is 4.64. The second-order valence-corrected chi connectivity index (χ2v) is 7.37. The highest BCUT2D eigenvalue weighted by molar-refractivity contribution is 6.22. The average Bonchev–Trinajstić information content (AvgIpc) is 3.08. The molecule has 1 aliphatic rings. The number of halogens is 1. The Morgan fingerprint density at radius 1 is 0.848 bits per heavy atom. The molecule has 1 aliphatic heterocycles. The number of ether oxygens (including phenoxy) is 1. The van der Waals surface area contributed by atoms with Crippen LogP contribution in [0.25, 0.3) is 0 Å². The standard InChI is InChI=1S/C25H19FN2O5/c26-19-12-6-7-13-20(19)27-22(29)15-33-25(32)21(14-16-8-2-1-3-9-16)28-23(30)17-10-4-5-11-18(17)24(28)31/h1-13,21H,14-15H2,(H,27,29)/t21-/m1/s1. The minimum absolute atomic E-state index is 0.0140. The smallest absolute Gasteiger partial charge is 0.330 e. The molecule has 0 aromatic heterocycles. The average molecular weight is 446 g/mol. The van der Waals surface area contributed by atoms with Crippen molar-refractivity contribution in [1.82, 2.24) is 4.90 Å². The van der Waals surface area contributed by atoms with Crippen LogP contribution in [0.5, 0.6) is 0 Å². The number of nitrogens with one attached hydrogen (secondary N) is 1. The third-order valence-corrected chi connectivity index (χ3v) is 5.17. The Morgan fingerprint density at radius 2 is 1.42 bits per heavy atom. The monoisotopic (exact) mass is 446 g/mol. The van der Waals surface area contributed by atoms with Gasteiger partial charge < -0.3 is 10.1 Å². The van der Waals surface area contributed by atoms with Crippen LogP contribution < -0.4 is 5.32 Å². The molecule has 0 saturated heterocycles. The molecule has 1 heterocycles. The number of fused-ring (bicyclic) bond motifs is 1. The van der Waals surface area contributed by atoms with Crippen molar-refractivity contribution in [3.8, 4) is 0 Å². The van der Waals surface area contributed by atoms with Gasteiger partial charge >= 0.3 is 5.97 Å². The van der Waals surface area contributed by atoms with Crippen LogP contribution >= 0.6 is 0 Å². The molecule has 0 fully saturated rings. The third-order valence-electron chi connectivity index (χ3n) is 5.17. The van der Waals surface area contributed by atoms with Crippen LogP contribution in [-0.2, 0) is 20.7 Å². The Morgan fingerprint density at radius 3 is 2.06 bits per heavy atom. The molecule has 0 spiro atoms. The SMILES string of the molecule is O=C(COC(=O)[C@@H](Cc1ccccc1)N1C(=O)c2ccccc2C1=O)Nc1ccccc1F. The van der Waals surface area contributed by atoms with E-state index in [0.29, 0.717) is 5.56 Å². The van der Waals surface area contributed by atoms with Crippen LogP contribution in [0.3, 0.4) is 0 Å². The maximum atomic E-state index is 13.7. The zero-order valence-electron chi connectivity index (χ0n) is 17.4. The molecular weight excluding hydrogens is 427 g/mol. The van der Waals surface area contributed by atoms with Gasteiger partial charge in [0.1, 0.15) is 11.9 Å². The molecule has 166 valence electrons. The van der Waals surface area contributed by atoms with Crippen molar-refractivity contribution in [3.05, 3.63) is 101 Å². The summed E-state index contributed by atoms with van der Waals surface area (Å²) in [5.41, 5.74) is 1.04. The molecular formula is C25H19FN2O5. The fourth-order valence-electron chi connectivity index (χ4n) is 3.59. The first-order valence-electron chi connectivity index (χ1n) is 10.2. The van der Waals surface area contributed by atoms with Gasteiger partial charge in [-0.05, 0) is 29.8 Å². The summed E-state index contributed by atoms with van der Waals surface area (Å²) in [6.45, 7) is -0.707.